The minimum absolute atomic E-state index is 0.845. The summed E-state index contributed by atoms with van der Waals surface area (Å²) in [5.41, 5.74) is 3.11. The van der Waals surface area contributed by atoms with Crippen molar-refractivity contribution in [1.29, 1.82) is 0 Å². The van der Waals surface area contributed by atoms with Crippen LogP contribution in [0.1, 0.15) is 11.6 Å². The van der Waals surface area contributed by atoms with Crippen LogP contribution in [-0.4, -0.2) is 33.4 Å². The van der Waals surface area contributed by atoms with E-state index in [1.807, 2.05) is 18.7 Å². The highest BCUT2D eigenvalue weighted by atomic mass is 15.5. The lowest BCUT2D eigenvalue weighted by Crippen LogP contribution is -2.41. The van der Waals surface area contributed by atoms with Crippen LogP contribution in [-0.2, 0) is 13.1 Å². The molecule has 0 saturated carbocycles. The maximum atomic E-state index is 4.32. The molecule has 2 rings (SSSR count). The molecule has 0 atom stereocenters. The number of nitrogens with one attached hydrogen (secondary N) is 1. The van der Waals surface area contributed by atoms with Crippen LogP contribution in [0.2, 0.25) is 0 Å². The van der Waals surface area contributed by atoms with Gasteiger partial charge >= 0.3 is 0 Å². The third-order valence-corrected chi connectivity index (χ3v) is 2.08. The Morgan fingerprint density at radius 1 is 1.42 bits per heavy atom. The van der Waals surface area contributed by atoms with E-state index in [9.17, 15) is 0 Å². The summed E-state index contributed by atoms with van der Waals surface area (Å²) in [6.45, 7) is 4.69. The number of nitrogens with zero attached hydrogens (tertiary/aromatic N) is 4. The number of rotatable bonds is 1. The summed E-state index contributed by atoms with van der Waals surface area (Å²) < 4.78 is 1.98. The molecule has 0 radical (unpaired) electrons. The number of aromatic nitrogens is 3. The fourth-order valence-electron chi connectivity index (χ4n) is 1.45. The van der Waals surface area contributed by atoms with Gasteiger partial charge in [-0.1, -0.05) is 0 Å². The summed E-state index contributed by atoms with van der Waals surface area (Å²) >= 11 is 0. The van der Waals surface area contributed by atoms with Gasteiger partial charge in [0, 0.05) is 6.54 Å². The highest BCUT2D eigenvalue weighted by Crippen LogP contribution is 2.06. The fraction of sp³-hybridized carbons (Fsp3) is 0.714. The van der Waals surface area contributed by atoms with Gasteiger partial charge in [0.05, 0.1) is 13.1 Å². The Bertz CT molecular complexity index is 279. The van der Waals surface area contributed by atoms with Gasteiger partial charge in [-0.05, 0) is 14.0 Å². The summed E-state index contributed by atoms with van der Waals surface area (Å²) in [5.74, 6) is 1.91. The maximum Gasteiger partial charge on any atom is 0.147 e. The Hall–Kier alpha value is -0.940. The largest absolute Gasteiger partial charge is 0.258 e. The second-order valence-corrected chi connectivity index (χ2v) is 2.94. The monoisotopic (exact) mass is 167 g/mol. The SMILES string of the molecule is CNN1CCn2nc(C)nc2C1. The van der Waals surface area contributed by atoms with E-state index < -0.39 is 0 Å². The van der Waals surface area contributed by atoms with Crippen molar-refractivity contribution in [2.24, 2.45) is 0 Å². The fourth-order valence-corrected chi connectivity index (χ4v) is 1.45. The molecule has 12 heavy (non-hydrogen) atoms. The van der Waals surface area contributed by atoms with E-state index in [4.69, 9.17) is 0 Å². The zero-order chi connectivity index (χ0) is 8.55. The van der Waals surface area contributed by atoms with E-state index in [-0.39, 0.29) is 0 Å². The van der Waals surface area contributed by atoms with Crippen LogP contribution in [0.5, 0.6) is 0 Å². The molecule has 0 unspecified atom stereocenters. The third kappa shape index (κ3) is 1.21. The highest BCUT2D eigenvalue weighted by Gasteiger charge is 2.16. The molecule has 66 valence electrons. The maximum absolute atomic E-state index is 4.32. The summed E-state index contributed by atoms with van der Waals surface area (Å²) in [6.07, 6.45) is 0. The molecule has 0 amide bonds. The molecule has 5 nitrogen and oxygen atoms in total. The molecule has 5 heteroatoms. The summed E-state index contributed by atoms with van der Waals surface area (Å²) in [6, 6.07) is 0. The van der Waals surface area contributed by atoms with Crippen LogP contribution in [0.15, 0.2) is 0 Å². The predicted octanol–water partition coefficient (Wildman–Crippen LogP) is -0.463. The molecule has 1 aliphatic heterocycles. The van der Waals surface area contributed by atoms with Crippen molar-refractivity contribution >= 4 is 0 Å². The molecule has 1 N–H and O–H groups in total. The summed E-state index contributed by atoms with van der Waals surface area (Å²) in [5, 5.41) is 6.40. The number of hydrazine groups is 1. The van der Waals surface area contributed by atoms with Crippen LogP contribution in [0.25, 0.3) is 0 Å². The molecule has 1 aromatic heterocycles. The number of aryl methyl sites for hydroxylation is 1. The standard InChI is InChI=1S/C7H13N5/c1-6-9-7-5-11(8-2)3-4-12(7)10-6/h8H,3-5H2,1-2H3. The van der Waals surface area contributed by atoms with E-state index >= 15 is 0 Å². The van der Waals surface area contributed by atoms with E-state index in [1.54, 1.807) is 0 Å². The van der Waals surface area contributed by atoms with Crippen molar-refractivity contribution in [2.75, 3.05) is 13.6 Å². The molecule has 2 heterocycles. The minimum Gasteiger partial charge on any atom is -0.258 e. The lowest BCUT2D eigenvalue weighted by atomic mass is 10.4. The molecule has 0 fully saturated rings. The topological polar surface area (TPSA) is 46.0 Å². The first-order valence-electron chi connectivity index (χ1n) is 4.12. The average molecular weight is 167 g/mol. The molecule has 1 aromatic rings. The molecule has 0 spiro atoms. The van der Waals surface area contributed by atoms with Gasteiger partial charge in [-0.3, -0.25) is 5.43 Å². The van der Waals surface area contributed by atoms with Gasteiger partial charge in [0.15, 0.2) is 0 Å². The van der Waals surface area contributed by atoms with Crippen molar-refractivity contribution in [3.63, 3.8) is 0 Å². The van der Waals surface area contributed by atoms with Crippen LogP contribution >= 0.6 is 0 Å². The Morgan fingerprint density at radius 3 is 3.00 bits per heavy atom. The zero-order valence-electron chi connectivity index (χ0n) is 7.41. The molecular formula is C7H13N5. The first-order chi connectivity index (χ1) is 5.79. The van der Waals surface area contributed by atoms with Gasteiger partial charge in [-0.2, -0.15) is 5.10 Å². The van der Waals surface area contributed by atoms with Crippen LogP contribution in [0.3, 0.4) is 0 Å². The smallest absolute Gasteiger partial charge is 0.147 e. The molecule has 0 saturated heterocycles. The van der Waals surface area contributed by atoms with E-state index in [1.165, 1.54) is 0 Å². The lowest BCUT2D eigenvalue weighted by molar-refractivity contribution is 0.154. The second-order valence-electron chi connectivity index (χ2n) is 2.94. The van der Waals surface area contributed by atoms with Gasteiger partial charge < -0.3 is 0 Å². The van der Waals surface area contributed by atoms with Crippen molar-refractivity contribution < 1.29 is 0 Å². The first kappa shape index (κ1) is 7.70. The normalized spacial score (nSPS) is 17.8. The molecule has 0 aliphatic carbocycles. The van der Waals surface area contributed by atoms with E-state index in [0.717, 1.165) is 31.3 Å². The van der Waals surface area contributed by atoms with Gasteiger partial charge in [-0.25, -0.2) is 14.7 Å². The van der Waals surface area contributed by atoms with Crippen LogP contribution in [0.4, 0.5) is 0 Å². The lowest BCUT2D eigenvalue weighted by Gasteiger charge is -2.25. The van der Waals surface area contributed by atoms with Crippen molar-refractivity contribution in [1.82, 2.24) is 25.2 Å². The van der Waals surface area contributed by atoms with Gasteiger partial charge in [0.1, 0.15) is 11.6 Å². The highest BCUT2D eigenvalue weighted by molar-refractivity contribution is 4.93. The predicted molar refractivity (Wildman–Crippen MR) is 44.2 cm³/mol. The summed E-state index contributed by atoms with van der Waals surface area (Å²) in [7, 11) is 1.93. The number of fused-ring (bicyclic) bond motifs is 1. The Balaban J connectivity index is 2.22. The van der Waals surface area contributed by atoms with Crippen molar-refractivity contribution in [3.05, 3.63) is 11.6 Å². The molecule has 1 aliphatic rings. The molecule has 0 bridgehead atoms. The van der Waals surface area contributed by atoms with E-state index in [2.05, 4.69) is 20.5 Å². The quantitative estimate of drug-likeness (QED) is 0.614. The van der Waals surface area contributed by atoms with Crippen LogP contribution in [0, 0.1) is 6.92 Å². The number of hydrogen-bond acceptors (Lipinski definition) is 4. The Labute approximate surface area is 71.4 Å². The van der Waals surface area contributed by atoms with Gasteiger partial charge in [0.25, 0.3) is 0 Å². The second kappa shape index (κ2) is 2.84. The average Bonchev–Trinajstić information content (AvgIpc) is 2.43. The number of hydrogen-bond donors (Lipinski definition) is 1. The first-order valence-corrected chi connectivity index (χ1v) is 4.12. The van der Waals surface area contributed by atoms with Gasteiger partial charge in [0.2, 0.25) is 0 Å². The summed E-state index contributed by atoms with van der Waals surface area (Å²) in [4.78, 5) is 4.32. The van der Waals surface area contributed by atoms with Crippen molar-refractivity contribution in [3.8, 4) is 0 Å². The van der Waals surface area contributed by atoms with Crippen molar-refractivity contribution in [2.45, 2.75) is 20.0 Å². The van der Waals surface area contributed by atoms with E-state index in [0.29, 0.717) is 0 Å². The minimum atomic E-state index is 0.845. The third-order valence-electron chi connectivity index (χ3n) is 2.08. The Kier molecular flexibility index (Phi) is 1.82. The molecular weight excluding hydrogens is 154 g/mol. The van der Waals surface area contributed by atoms with Crippen LogP contribution < -0.4 is 5.43 Å². The zero-order valence-corrected chi connectivity index (χ0v) is 7.41. The Morgan fingerprint density at radius 2 is 2.25 bits per heavy atom. The van der Waals surface area contributed by atoms with Gasteiger partial charge in [-0.15, -0.1) is 0 Å². The molecule has 0 aromatic carbocycles.